The topological polar surface area (TPSA) is 163 Å². The number of nitrogens with one attached hydrogen (secondary N) is 1. The van der Waals surface area contributed by atoms with Gasteiger partial charge in [-0.25, -0.2) is 33.5 Å². The van der Waals surface area contributed by atoms with E-state index in [1.165, 1.54) is 42.7 Å². The molecule has 16 heteroatoms. The van der Waals surface area contributed by atoms with Gasteiger partial charge in [-0.3, -0.25) is 28.5 Å². The van der Waals surface area contributed by atoms with Gasteiger partial charge in [-0.05, 0) is 6.92 Å². The van der Waals surface area contributed by atoms with Crippen molar-refractivity contribution in [1.82, 2.24) is 38.6 Å². The number of halogens is 2. The first-order chi connectivity index (χ1) is 20.0. The molecule has 42 heavy (non-hydrogen) atoms. The van der Waals surface area contributed by atoms with Gasteiger partial charge in [0.05, 0.1) is 42.8 Å². The number of piperidine rings is 1. The third kappa shape index (κ3) is 4.42. The van der Waals surface area contributed by atoms with Crippen LogP contribution in [-0.2, 0) is 23.2 Å². The maximum atomic E-state index is 13.5. The summed E-state index contributed by atoms with van der Waals surface area (Å²) in [4.78, 5) is 74.1. The van der Waals surface area contributed by atoms with Crippen LogP contribution in [-0.4, -0.2) is 69.3 Å². The number of amides is 1. The summed E-state index contributed by atoms with van der Waals surface area (Å²) in [6, 6.07) is -0.956. The lowest BCUT2D eigenvalue weighted by atomic mass is 10.2. The second-order valence-electron chi connectivity index (χ2n) is 10.5. The molecule has 14 nitrogen and oxygen atoms in total. The highest BCUT2D eigenvalue weighted by atomic mass is 19.3. The standard InChI is InChI=1S/C26H26F2N10O4/c1-4-15(39)9-37-23(41)20-21(35(3)25(37)42)32-12-38(20)13(2)22(40)34-19-8-29-7-18(33-19)14-5-30-24(31-6-14)36-10-16-17(11-36)26(16,27)28/h5-8,12-13,16-17H,4,9-11H2,1-3H3,(H,33,34,40). The molecule has 218 valence electrons. The Bertz CT molecular complexity index is 1830. The maximum absolute atomic E-state index is 13.5. The van der Waals surface area contributed by atoms with E-state index in [4.69, 9.17) is 0 Å². The van der Waals surface area contributed by atoms with E-state index in [1.807, 2.05) is 0 Å². The molecule has 3 atom stereocenters. The number of hydrogen-bond donors (Lipinski definition) is 1. The van der Waals surface area contributed by atoms with E-state index in [0.717, 1.165) is 9.13 Å². The molecule has 4 aromatic rings. The molecule has 0 radical (unpaired) electrons. The molecule has 1 saturated heterocycles. The molecular weight excluding hydrogens is 554 g/mol. The highest BCUT2D eigenvalue weighted by Crippen LogP contribution is 2.59. The predicted octanol–water partition coefficient (Wildman–Crippen LogP) is 1.02. The van der Waals surface area contributed by atoms with Crippen molar-refractivity contribution in [2.45, 2.75) is 38.8 Å². The van der Waals surface area contributed by atoms with Crippen molar-refractivity contribution in [3.05, 3.63) is 52.0 Å². The zero-order valence-electron chi connectivity index (χ0n) is 22.9. The Kier molecular flexibility index (Phi) is 6.42. The van der Waals surface area contributed by atoms with Crippen LogP contribution in [0.5, 0.6) is 0 Å². The minimum Gasteiger partial charge on any atom is -0.340 e. The summed E-state index contributed by atoms with van der Waals surface area (Å²) in [5.74, 6) is -4.23. The summed E-state index contributed by atoms with van der Waals surface area (Å²) in [5.41, 5.74) is -0.450. The third-order valence-corrected chi connectivity index (χ3v) is 7.89. The molecule has 3 unspecified atom stereocenters. The van der Waals surface area contributed by atoms with Crippen LogP contribution in [0, 0.1) is 11.8 Å². The van der Waals surface area contributed by atoms with Crippen LogP contribution in [0.25, 0.3) is 22.4 Å². The lowest BCUT2D eigenvalue weighted by Crippen LogP contribution is -2.41. The number of aromatic nitrogens is 8. The van der Waals surface area contributed by atoms with E-state index in [-0.39, 0.29) is 48.8 Å². The van der Waals surface area contributed by atoms with Gasteiger partial charge in [0, 0.05) is 44.5 Å². The van der Waals surface area contributed by atoms with Gasteiger partial charge >= 0.3 is 5.69 Å². The molecular formula is C26H26F2N10O4. The van der Waals surface area contributed by atoms with Crippen molar-refractivity contribution >= 4 is 34.6 Å². The van der Waals surface area contributed by atoms with E-state index in [0.29, 0.717) is 17.2 Å². The summed E-state index contributed by atoms with van der Waals surface area (Å²) < 4.78 is 30.3. The predicted molar refractivity (Wildman–Crippen MR) is 145 cm³/mol. The summed E-state index contributed by atoms with van der Waals surface area (Å²) in [6.07, 6.45) is 7.28. The molecule has 4 aromatic heterocycles. The van der Waals surface area contributed by atoms with Crippen molar-refractivity contribution < 1.29 is 18.4 Å². The van der Waals surface area contributed by atoms with Crippen molar-refractivity contribution in [3.63, 3.8) is 0 Å². The van der Waals surface area contributed by atoms with Crippen LogP contribution in [0.4, 0.5) is 20.5 Å². The van der Waals surface area contributed by atoms with Gasteiger partial charge in [0.2, 0.25) is 11.9 Å². The van der Waals surface area contributed by atoms with Crippen molar-refractivity contribution in [2.24, 2.45) is 18.9 Å². The van der Waals surface area contributed by atoms with Crippen molar-refractivity contribution in [1.29, 1.82) is 0 Å². The van der Waals surface area contributed by atoms with Crippen molar-refractivity contribution in [3.8, 4) is 11.3 Å². The van der Waals surface area contributed by atoms with Gasteiger partial charge < -0.3 is 14.8 Å². The average molecular weight is 581 g/mol. The van der Waals surface area contributed by atoms with Crippen LogP contribution in [0.2, 0.25) is 0 Å². The molecule has 6 rings (SSSR count). The van der Waals surface area contributed by atoms with Crippen molar-refractivity contribution in [2.75, 3.05) is 23.3 Å². The minimum atomic E-state index is -2.59. The molecule has 0 aromatic carbocycles. The van der Waals surface area contributed by atoms with Gasteiger partial charge in [0.25, 0.3) is 11.5 Å². The first-order valence-electron chi connectivity index (χ1n) is 13.3. The van der Waals surface area contributed by atoms with Gasteiger partial charge in [-0.1, -0.05) is 6.92 Å². The molecule has 1 N–H and O–H groups in total. The zero-order chi connectivity index (χ0) is 29.9. The number of aryl methyl sites for hydroxylation is 1. The highest BCUT2D eigenvalue weighted by molar-refractivity contribution is 5.93. The van der Waals surface area contributed by atoms with Gasteiger partial charge in [-0.2, -0.15) is 0 Å². The maximum Gasteiger partial charge on any atom is 0.332 e. The number of Topliss-reactive ketones (excluding diaryl/α,β-unsaturated/α-hetero) is 1. The molecule has 0 bridgehead atoms. The first-order valence-corrected chi connectivity index (χ1v) is 13.3. The van der Waals surface area contributed by atoms with E-state index in [2.05, 4.69) is 30.2 Å². The molecule has 1 aliphatic carbocycles. The number of imidazole rings is 1. The van der Waals surface area contributed by atoms with Crippen LogP contribution in [0.1, 0.15) is 26.3 Å². The zero-order valence-corrected chi connectivity index (χ0v) is 22.9. The molecule has 5 heterocycles. The number of rotatable bonds is 8. The Morgan fingerprint density at radius 2 is 1.79 bits per heavy atom. The minimum absolute atomic E-state index is 0.000231. The number of nitrogens with zero attached hydrogens (tertiary/aromatic N) is 9. The molecule has 2 aliphatic rings. The quantitative estimate of drug-likeness (QED) is 0.318. The second-order valence-corrected chi connectivity index (χ2v) is 10.5. The number of carbonyl (C=O) groups is 2. The SMILES string of the molecule is CCC(=O)Cn1c(=O)c2c(ncn2C(C)C(=O)Nc2cncc(-c3cnc(N4CC5C(C4)C5(F)F)nc3)n2)n(C)c1=O. The van der Waals surface area contributed by atoms with Crippen LogP contribution < -0.4 is 21.5 Å². The van der Waals surface area contributed by atoms with Crippen LogP contribution in [0.15, 0.2) is 40.7 Å². The summed E-state index contributed by atoms with van der Waals surface area (Å²) in [7, 11) is 1.43. The number of hydrogen-bond acceptors (Lipinski definition) is 10. The second kappa shape index (κ2) is 9.88. The Morgan fingerprint density at radius 3 is 2.45 bits per heavy atom. The van der Waals surface area contributed by atoms with E-state index >= 15 is 0 Å². The molecule has 0 spiro atoms. The Hall–Kier alpha value is -4.89. The highest BCUT2D eigenvalue weighted by Gasteiger charge is 2.72. The van der Waals surface area contributed by atoms with Gasteiger partial charge in [0.15, 0.2) is 22.8 Å². The van der Waals surface area contributed by atoms with E-state index in [1.54, 1.807) is 18.7 Å². The number of ketones is 1. The smallest absolute Gasteiger partial charge is 0.332 e. The lowest BCUT2D eigenvalue weighted by Gasteiger charge is -2.19. The van der Waals surface area contributed by atoms with Crippen LogP contribution in [0.3, 0.4) is 0 Å². The molecule has 1 saturated carbocycles. The monoisotopic (exact) mass is 580 g/mol. The summed E-state index contributed by atoms with van der Waals surface area (Å²) in [5, 5.41) is 2.67. The van der Waals surface area contributed by atoms with Crippen LogP contribution >= 0.6 is 0 Å². The van der Waals surface area contributed by atoms with Gasteiger partial charge in [0.1, 0.15) is 6.04 Å². The third-order valence-electron chi connectivity index (χ3n) is 7.89. The lowest BCUT2D eigenvalue weighted by molar-refractivity contribution is -0.120. The Labute approximate surface area is 236 Å². The fraction of sp³-hybridized carbons (Fsp3) is 0.423. The summed E-state index contributed by atoms with van der Waals surface area (Å²) >= 11 is 0. The number of fused-ring (bicyclic) bond motifs is 2. The van der Waals surface area contributed by atoms with E-state index in [9.17, 15) is 28.0 Å². The largest absolute Gasteiger partial charge is 0.340 e. The van der Waals surface area contributed by atoms with Gasteiger partial charge in [-0.15, -0.1) is 0 Å². The number of anilines is 2. The molecule has 1 amide bonds. The fourth-order valence-corrected chi connectivity index (χ4v) is 5.22. The Balaban J connectivity index is 1.20. The number of alkyl halides is 2. The normalized spacial score (nSPS) is 19.5. The van der Waals surface area contributed by atoms with E-state index < -0.39 is 41.0 Å². The fourth-order valence-electron chi connectivity index (χ4n) is 5.22. The first kappa shape index (κ1) is 27.3. The Morgan fingerprint density at radius 1 is 1.10 bits per heavy atom. The average Bonchev–Trinajstić information content (AvgIpc) is 3.41. The molecule has 2 fully saturated rings. The molecule has 1 aliphatic heterocycles. The number of carbonyl (C=O) groups excluding carboxylic acids is 2. The summed E-state index contributed by atoms with van der Waals surface area (Å²) in [6.45, 7) is 3.22.